The molecule has 0 saturated heterocycles. The van der Waals surface area contributed by atoms with Crippen LogP contribution in [0.15, 0.2) is 42.6 Å². The van der Waals surface area contributed by atoms with E-state index in [0.29, 0.717) is 35.1 Å². The van der Waals surface area contributed by atoms with Crippen molar-refractivity contribution in [2.45, 2.75) is 13.8 Å². The lowest BCUT2D eigenvalue weighted by molar-refractivity contribution is 0.102. The standard InChI is InChI=1S/C18H19N3O3/c1-4-24-15-6-5-11-21-16(12(2)19-17(15)21)18(22)20-13-7-9-14(23-3)10-8-13/h5-11H,4H2,1-3H3,(H,20,22). The molecule has 124 valence electrons. The first-order valence-corrected chi connectivity index (χ1v) is 7.70. The Morgan fingerprint density at radius 2 is 2.00 bits per heavy atom. The Morgan fingerprint density at radius 3 is 2.67 bits per heavy atom. The van der Waals surface area contributed by atoms with Crippen LogP contribution < -0.4 is 14.8 Å². The van der Waals surface area contributed by atoms with Crippen LogP contribution in [0.4, 0.5) is 5.69 Å². The Kier molecular flexibility index (Phi) is 4.37. The van der Waals surface area contributed by atoms with Crippen LogP contribution in [0.5, 0.6) is 11.5 Å². The van der Waals surface area contributed by atoms with Crippen molar-refractivity contribution in [2.24, 2.45) is 0 Å². The first kappa shape index (κ1) is 15.9. The van der Waals surface area contributed by atoms with Gasteiger partial charge in [0.25, 0.3) is 5.91 Å². The number of rotatable bonds is 5. The summed E-state index contributed by atoms with van der Waals surface area (Å²) in [6.07, 6.45) is 1.81. The number of imidazole rings is 1. The minimum Gasteiger partial charge on any atom is -0.497 e. The monoisotopic (exact) mass is 325 g/mol. The summed E-state index contributed by atoms with van der Waals surface area (Å²) in [5.74, 6) is 1.17. The molecule has 0 atom stereocenters. The van der Waals surface area contributed by atoms with Gasteiger partial charge in [0.15, 0.2) is 11.4 Å². The number of fused-ring (bicyclic) bond motifs is 1. The fraction of sp³-hybridized carbons (Fsp3) is 0.222. The van der Waals surface area contributed by atoms with Crippen molar-refractivity contribution in [3.8, 4) is 11.5 Å². The number of aryl methyl sites for hydroxylation is 1. The van der Waals surface area contributed by atoms with Crippen molar-refractivity contribution in [3.63, 3.8) is 0 Å². The number of hydrogen-bond donors (Lipinski definition) is 1. The van der Waals surface area contributed by atoms with Crippen LogP contribution in [-0.2, 0) is 0 Å². The first-order chi connectivity index (χ1) is 11.6. The lowest BCUT2D eigenvalue weighted by Gasteiger charge is -2.08. The van der Waals surface area contributed by atoms with Gasteiger partial charge < -0.3 is 14.8 Å². The molecular weight excluding hydrogens is 306 g/mol. The summed E-state index contributed by atoms with van der Waals surface area (Å²) in [5.41, 5.74) is 2.46. The molecule has 0 fully saturated rings. The Morgan fingerprint density at radius 1 is 1.25 bits per heavy atom. The maximum absolute atomic E-state index is 12.7. The van der Waals surface area contributed by atoms with Gasteiger partial charge in [0, 0.05) is 11.9 Å². The fourth-order valence-corrected chi connectivity index (χ4v) is 2.56. The van der Waals surface area contributed by atoms with Gasteiger partial charge in [-0.25, -0.2) is 4.98 Å². The molecule has 0 spiro atoms. The van der Waals surface area contributed by atoms with Crippen molar-refractivity contribution in [1.29, 1.82) is 0 Å². The quantitative estimate of drug-likeness (QED) is 0.782. The van der Waals surface area contributed by atoms with Crippen LogP contribution in [0, 0.1) is 6.92 Å². The van der Waals surface area contributed by atoms with Crippen LogP contribution >= 0.6 is 0 Å². The number of nitrogens with one attached hydrogen (secondary N) is 1. The lowest BCUT2D eigenvalue weighted by Crippen LogP contribution is -2.15. The molecule has 0 aliphatic heterocycles. The minimum atomic E-state index is -0.223. The van der Waals surface area contributed by atoms with E-state index in [1.165, 1.54) is 0 Å². The molecule has 6 heteroatoms. The van der Waals surface area contributed by atoms with Crippen molar-refractivity contribution >= 4 is 17.2 Å². The molecule has 0 unspecified atom stereocenters. The number of ether oxygens (including phenoxy) is 2. The predicted octanol–water partition coefficient (Wildman–Crippen LogP) is 3.30. The van der Waals surface area contributed by atoms with Crippen molar-refractivity contribution < 1.29 is 14.3 Å². The van der Waals surface area contributed by atoms with Gasteiger partial charge in [-0.2, -0.15) is 0 Å². The van der Waals surface area contributed by atoms with Gasteiger partial charge in [-0.1, -0.05) is 0 Å². The van der Waals surface area contributed by atoms with Crippen LogP contribution in [0.25, 0.3) is 5.65 Å². The summed E-state index contributed by atoms with van der Waals surface area (Å²) in [4.78, 5) is 17.2. The van der Waals surface area contributed by atoms with Crippen molar-refractivity contribution in [1.82, 2.24) is 9.38 Å². The summed E-state index contributed by atoms with van der Waals surface area (Å²) in [5, 5.41) is 2.88. The average molecular weight is 325 g/mol. The number of methoxy groups -OCH3 is 1. The Labute approximate surface area is 140 Å². The largest absolute Gasteiger partial charge is 0.497 e. The van der Waals surface area contributed by atoms with E-state index in [0.717, 1.165) is 5.75 Å². The second kappa shape index (κ2) is 6.62. The highest BCUT2D eigenvalue weighted by atomic mass is 16.5. The first-order valence-electron chi connectivity index (χ1n) is 7.70. The summed E-state index contributed by atoms with van der Waals surface area (Å²) < 4.78 is 12.4. The smallest absolute Gasteiger partial charge is 0.274 e. The predicted molar refractivity (Wildman–Crippen MR) is 92.0 cm³/mol. The molecule has 0 aliphatic carbocycles. The van der Waals surface area contributed by atoms with E-state index >= 15 is 0 Å². The maximum atomic E-state index is 12.7. The molecule has 3 aromatic rings. The van der Waals surface area contributed by atoms with E-state index in [-0.39, 0.29) is 5.91 Å². The summed E-state index contributed by atoms with van der Waals surface area (Å²) in [7, 11) is 1.60. The highest BCUT2D eigenvalue weighted by molar-refractivity contribution is 6.04. The van der Waals surface area contributed by atoms with Crippen LogP contribution in [0.3, 0.4) is 0 Å². The zero-order valence-corrected chi connectivity index (χ0v) is 13.9. The topological polar surface area (TPSA) is 64.9 Å². The van der Waals surface area contributed by atoms with E-state index in [1.807, 2.05) is 26.0 Å². The maximum Gasteiger partial charge on any atom is 0.274 e. The molecule has 1 aromatic carbocycles. The average Bonchev–Trinajstić information content (AvgIpc) is 2.93. The number of anilines is 1. The highest BCUT2D eigenvalue weighted by Gasteiger charge is 2.18. The Balaban J connectivity index is 1.94. The number of amides is 1. The van der Waals surface area contributed by atoms with Gasteiger partial charge in [-0.15, -0.1) is 0 Å². The summed E-state index contributed by atoms with van der Waals surface area (Å²) >= 11 is 0. The number of hydrogen-bond acceptors (Lipinski definition) is 4. The number of pyridine rings is 1. The second-order valence-electron chi connectivity index (χ2n) is 5.23. The zero-order valence-electron chi connectivity index (χ0n) is 13.9. The van der Waals surface area contributed by atoms with Crippen LogP contribution in [0.2, 0.25) is 0 Å². The fourth-order valence-electron chi connectivity index (χ4n) is 2.56. The molecule has 0 radical (unpaired) electrons. The highest BCUT2D eigenvalue weighted by Crippen LogP contribution is 2.23. The normalized spacial score (nSPS) is 10.6. The third-order valence-corrected chi connectivity index (χ3v) is 3.65. The van der Waals surface area contributed by atoms with Gasteiger partial charge in [0.05, 0.1) is 19.4 Å². The molecule has 1 amide bonds. The minimum absolute atomic E-state index is 0.223. The molecule has 0 aliphatic rings. The molecular formula is C18H19N3O3. The molecule has 2 heterocycles. The van der Waals surface area contributed by atoms with Gasteiger partial charge in [-0.05, 0) is 50.2 Å². The number of nitrogens with zero attached hydrogens (tertiary/aromatic N) is 2. The zero-order chi connectivity index (χ0) is 17.1. The SMILES string of the molecule is CCOc1cccn2c(C(=O)Nc3ccc(OC)cc3)c(C)nc12. The second-order valence-corrected chi connectivity index (χ2v) is 5.23. The van der Waals surface area contributed by atoms with Gasteiger partial charge in [0.1, 0.15) is 11.4 Å². The van der Waals surface area contributed by atoms with Crippen LogP contribution in [-0.4, -0.2) is 29.0 Å². The van der Waals surface area contributed by atoms with Gasteiger partial charge >= 0.3 is 0 Å². The Hall–Kier alpha value is -3.02. The molecule has 0 bridgehead atoms. The van der Waals surface area contributed by atoms with Crippen molar-refractivity contribution in [3.05, 3.63) is 54.0 Å². The Bertz CT molecular complexity index is 869. The van der Waals surface area contributed by atoms with E-state index in [4.69, 9.17) is 9.47 Å². The van der Waals surface area contributed by atoms with E-state index < -0.39 is 0 Å². The van der Waals surface area contributed by atoms with E-state index in [2.05, 4.69) is 10.3 Å². The third kappa shape index (κ3) is 2.90. The third-order valence-electron chi connectivity index (χ3n) is 3.65. The molecule has 24 heavy (non-hydrogen) atoms. The summed E-state index contributed by atoms with van der Waals surface area (Å²) in [6.45, 7) is 4.27. The lowest BCUT2D eigenvalue weighted by atomic mass is 10.2. The molecule has 3 rings (SSSR count). The number of carbonyl (C=O) groups is 1. The van der Waals surface area contributed by atoms with Gasteiger partial charge in [0.2, 0.25) is 0 Å². The molecule has 1 N–H and O–H groups in total. The molecule has 0 saturated carbocycles. The van der Waals surface area contributed by atoms with Crippen LogP contribution in [0.1, 0.15) is 23.1 Å². The summed E-state index contributed by atoms with van der Waals surface area (Å²) in [6, 6.07) is 10.9. The van der Waals surface area contributed by atoms with Gasteiger partial charge in [-0.3, -0.25) is 9.20 Å². The van der Waals surface area contributed by atoms with E-state index in [1.54, 1.807) is 42.0 Å². The number of benzene rings is 1. The van der Waals surface area contributed by atoms with Crippen molar-refractivity contribution in [2.75, 3.05) is 19.0 Å². The number of carbonyl (C=O) groups excluding carboxylic acids is 1. The molecule has 6 nitrogen and oxygen atoms in total. The van der Waals surface area contributed by atoms with E-state index in [9.17, 15) is 4.79 Å². The number of aromatic nitrogens is 2. The molecule has 2 aromatic heterocycles.